The molecular weight excluding hydrogens is 266 g/mol. The van der Waals surface area contributed by atoms with Crippen LogP contribution in [0.15, 0.2) is 27.8 Å². The molecule has 0 saturated carbocycles. The zero-order chi connectivity index (χ0) is 14.7. The van der Waals surface area contributed by atoms with Crippen LogP contribution in [0.4, 0.5) is 0 Å². The third-order valence-electron chi connectivity index (χ3n) is 4.06. The van der Waals surface area contributed by atoms with Crippen LogP contribution >= 0.6 is 0 Å². The normalized spacial score (nSPS) is 28.3. The van der Waals surface area contributed by atoms with Gasteiger partial charge in [-0.15, -0.1) is 0 Å². The smallest absolute Gasteiger partial charge is 0.191 e. The lowest BCUT2D eigenvalue weighted by Crippen LogP contribution is -2.49. The molecule has 5 nitrogen and oxygen atoms in total. The Balaban J connectivity index is 1.55. The van der Waals surface area contributed by atoms with E-state index in [0.29, 0.717) is 24.3 Å². The van der Waals surface area contributed by atoms with Crippen molar-refractivity contribution in [3.05, 3.63) is 24.2 Å². The van der Waals surface area contributed by atoms with Gasteiger partial charge in [-0.25, -0.2) is 0 Å². The van der Waals surface area contributed by atoms with Crippen molar-refractivity contribution in [2.45, 2.75) is 63.8 Å². The van der Waals surface area contributed by atoms with Gasteiger partial charge in [-0.1, -0.05) is 0 Å². The summed E-state index contributed by atoms with van der Waals surface area (Å²) in [5.74, 6) is 1.86. The highest BCUT2D eigenvalue weighted by atomic mass is 16.5. The fourth-order valence-corrected chi connectivity index (χ4v) is 3.10. The van der Waals surface area contributed by atoms with Gasteiger partial charge in [0, 0.05) is 19.0 Å². The third-order valence-corrected chi connectivity index (χ3v) is 4.06. The van der Waals surface area contributed by atoms with E-state index in [4.69, 9.17) is 9.15 Å². The van der Waals surface area contributed by atoms with Crippen molar-refractivity contribution in [3.8, 4) is 0 Å². The van der Waals surface area contributed by atoms with E-state index in [2.05, 4.69) is 29.5 Å². The van der Waals surface area contributed by atoms with Crippen molar-refractivity contribution >= 4 is 5.96 Å². The number of aliphatic imine (C=N–C) groups is 1. The van der Waals surface area contributed by atoms with Gasteiger partial charge in [0.05, 0.1) is 24.5 Å². The Bertz CT molecular complexity index is 470. The number of nitrogens with zero attached hydrogens (tertiary/aromatic N) is 1. The second kappa shape index (κ2) is 6.52. The van der Waals surface area contributed by atoms with Crippen LogP contribution in [0.3, 0.4) is 0 Å². The van der Waals surface area contributed by atoms with Crippen LogP contribution in [-0.2, 0) is 11.2 Å². The number of rotatable bonds is 5. The lowest BCUT2D eigenvalue weighted by atomic mass is 9.96. The summed E-state index contributed by atoms with van der Waals surface area (Å²) in [6, 6.07) is 4.66. The van der Waals surface area contributed by atoms with Crippen molar-refractivity contribution in [1.82, 2.24) is 10.6 Å². The summed E-state index contributed by atoms with van der Waals surface area (Å²) in [5.41, 5.74) is 0. The predicted octanol–water partition coefficient (Wildman–Crippen LogP) is 2.09. The lowest BCUT2D eigenvalue weighted by Gasteiger charge is -2.24. The third kappa shape index (κ3) is 3.79. The van der Waals surface area contributed by atoms with Crippen molar-refractivity contribution in [1.29, 1.82) is 0 Å². The summed E-state index contributed by atoms with van der Waals surface area (Å²) in [7, 11) is 0. The van der Waals surface area contributed by atoms with E-state index in [0.717, 1.165) is 31.1 Å². The second-order valence-electron chi connectivity index (χ2n) is 6.22. The molecule has 0 spiro atoms. The van der Waals surface area contributed by atoms with Gasteiger partial charge in [0.15, 0.2) is 5.96 Å². The molecule has 0 radical (unpaired) electrons. The number of ether oxygens (including phenoxy) is 1. The molecular formula is C16H25N3O2. The molecule has 0 amide bonds. The number of hydrogen-bond acceptors (Lipinski definition) is 3. The Labute approximate surface area is 126 Å². The number of furan rings is 1. The van der Waals surface area contributed by atoms with Gasteiger partial charge in [-0.2, -0.15) is 0 Å². The number of guanidine groups is 1. The Hall–Kier alpha value is -1.49. The molecule has 2 saturated heterocycles. The Morgan fingerprint density at radius 2 is 2.33 bits per heavy atom. The topological polar surface area (TPSA) is 58.8 Å². The van der Waals surface area contributed by atoms with Crippen molar-refractivity contribution in [2.24, 2.45) is 4.99 Å². The van der Waals surface area contributed by atoms with Gasteiger partial charge in [0.25, 0.3) is 0 Å². The first-order valence-corrected chi connectivity index (χ1v) is 7.96. The van der Waals surface area contributed by atoms with E-state index in [1.807, 2.05) is 12.1 Å². The second-order valence-corrected chi connectivity index (χ2v) is 6.22. The average molecular weight is 291 g/mol. The van der Waals surface area contributed by atoms with Gasteiger partial charge < -0.3 is 19.8 Å². The molecule has 2 N–H and O–H groups in total. The molecule has 2 aliphatic rings. The molecule has 2 fully saturated rings. The van der Waals surface area contributed by atoms with Crippen molar-refractivity contribution in [3.63, 3.8) is 0 Å². The number of nitrogens with one attached hydrogen (secondary N) is 2. The molecule has 2 bridgehead atoms. The molecule has 2 aliphatic heterocycles. The first-order chi connectivity index (χ1) is 10.2. The van der Waals surface area contributed by atoms with E-state index in [1.165, 1.54) is 12.8 Å². The minimum Gasteiger partial charge on any atom is -0.469 e. The average Bonchev–Trinajstić information content (AvgIpc) is 3.14. The SMILES string of the molecule is CC(C)NC(=NCCc1ccco1)NC1CC2CCC1O2. The van der Waals surface area contributed by atoms with Crippen LogP contribution in [0.25, 0.3) is 0 Å². The minimum atomic E-state index is 0.360. The van der Waals surface area contributed by atoms with Crippen LogP contribution < -0.4 is 10.6 Å². The Kier molecular flexibility index (Phi) is 4.48. The summed E-state index contributed by atoms with van der Waals surface area (Å²) in [6.45, 7) is 4.97. The van der Waals surface area contributed by atoms with Crippen molar-refractivity contribution < 1.29 is 9.15 Å². The summed E-state index contributed by atoms with van der Waals surface area (Å²) in [5, 5.41) is 6.94. The Morgan fingerprint density at radius 3 is 2.95 bits per heavy atom. The Morgan fingerprint density at radius 1 is 1.43 bits per heavy atom. The highest BCUT2D eigenvalue weighted by Crippen LogP contribution is 2.34. The summed E-state index contributed by atoms with van der Waals surface area (Å²) in [6.07, 6.45) is 6.83. The molecule has 3 atom stereocenters. The molecule has 21 heavy (non-hydrogen) atoms. The largest absolute Gasteiger partial charge is 0.469 e. The van der Waals surface area contributed by atoms with E-state index in [-0.39, 0.29) is 0 Å². The van der Waals surface area contributed by atoms with Gasteiger partial charge in [-0.05, 0) is 45.2 Å². The first-order valence-electron chi connectivity index (χ1n) is 7.96. The number of hydrogen-bond donors (Lipinski definition) is 2. The highest BCUT2D eigenvalue weighted by molar-refractivity contribution is 5.80. The maximum atomic E-state index is 5.89. The monoisotopic (exact) mass is 291 g/mol. The lowest BCUT2D eigenvalue weighted by molar-refractivity contribution is 0.0992. The minimum absolute atomic E-state index is 0.360. The maximum Gasteiger partial charge on any atom is 0.191 e. The standard InChI is InChI=1S/C16H25N3O2/c1-11(2)18-16(17-8-7-12-4-3-9-20-12)19-14-10-13-5-6-15(14)21-13/h3-4,9,11,13-15H,5-8,10H2,1-2H3,(H2,17,18,19). The summed E-state index contributed by atoms with van der Waals surface area (Å²) in [4.78, 5) is 4.66. The zero-order valence-electron chi connectivity index (χ0n) is 12.8. The van der Waals surface area contributed by atoms with Crippen LogP contribution in [-0.4, -0.2) is 36.8 Å². The van der Waals surface area contributed by atoms with Crippen LogP contribution in [0, 0.1) is 0 Å². The van der Waals surface area contributed by atoms with Gasteiger partial charge in [0.2, 0.25) is 0 Å². The molecule has 0 aromatic carbocycles. The fraction of sp³-hybridized carbons (Fsp3) is 0.688. The van der Waals surface area contributed by atoms with Crippen LogP contribution in [0.1, 0.15) is 38.9 Å². The van der Waals surface area contributed by atoms with Crippen LogP contribution in [0.2, 0.25) is 0 Å². The predicted molar refractivity (Wildman–Crippen MR) is 82.4 cm³/mol. The van der Waals surface area contributed by atoms with Gasteiger partial charge in [0.1, 0.15) is 5.76 Å². The molecule has 0 aliphatic carbocycles. The van der Waals surface area contributed by atoms with Crippen LogP contribution in [0.5, 0.6) is 0 Å². The quantitative estimate of drug-likeness (QED) is 0.644. The molecule has 1 aromatic rings. The van der Waals surface area contributed by atoms with E-state index in [1.54, 1.807) is 6.26 Å². The molecule has 3 heterocycles. The van der Waals surface area contributed by atoms with Gasteiger partial charge >= 0.3 is 0 Å². The molecule has 1 aromatic heterocycles. The summed E-state index contributed by atoms with van der Waals surface area (Å²) >= 11 is 0. The van der Waals surface area contributed by atoms with E-state index < -0.39 is 0 Å². The molecule has 116 valence electrons. The van der Waals surface area contributed by atoms with E-state index >= 15 is 0 Å². The maximum absolute atomic E-state index is 5.89. The van der Waals surface area contributed by atoms with Crippen molar-refractivity contribution in [2.75, 3.05) is 6.54 Å². The number of fused-ring (bicyclic) bond motifs is 2. The molecule has 5 heteroatoms. The molecule has 3 rings (SSSR count). The highest BCUT2D eigenvalue weighted by Gasteiger charge is 2.41. The first kappa shape index (κ1) is 14.4. The van der Waals surface area contributed by atoms with Gasteiger partial charge in [-0.3, -0.25) is 4.99 Å². The zero-order valence-corrected chi connectivity index (χ0v) is 12.8. The van der Waals surface area contributed by atoms with E-state index in [9.17, 15) is 0 Å². The summed E-state index contributed by atoms with van der Waals surface area (Å²) < 4.78 is 11.2. The fourth-order valence-electron chi connectivity index (χ4n) is 3.10. The molecule has 3 unspecified atom stereocenters.